The van der Waals surface area contributed by atoms with Crippen molar-refractivity contribution in [3.8, 4) is 5.75 Å². The third-order valence-electron chi connectivity index (χ3n) is 5.91. The fraction of sp³-hybridized carbons (Fsp3) is 0.667. The fourth-order valence-corrected chi connectivity index (χ4v) is 4.33. The molecular weight excluding hydrogens is 326 g/mol. The van der Waals surface area contributed by atoms with Crippen molar-refractivity contribution in [2.24, 2.45) is 5.92 Å². The number of phenolic OH excluding ortho intramolecular Hbond substituents is 1. The zero-order valence-corrected chi connectivity index (χ0v) is 15.1. The van der Waals surface area contributed by atoms with E-state index in [1.165, 1.54) is 43.5 Å². The van der Waals surface area contributed by atoms with Crippen LogP contribution in [-0.2, 0) is 11.8 Å². The molecule has 0 spiro atoms. The van der Waals surface area contributed by atoms with E-state index in [9.17, 15) is 5.11 Å². The van der Waals surface area contributed by atoms with Crippen LogP contribution in [0.4, 0.5) is 0 Å². The number of likely N-dealkylation sites (tertiary alicyclic amines) is 1. The number of hydrogen-bond donors (Lipinski definition) is 1. The minimum Gasteiger partial charge on any atom is -0.508 e. The fourth-order valence-electron chi connectivity index (χ4n) is 4.33. The van der Waals surface area contributed by atoms with Gasteiger partial charge in [-0.25, -0.2) is 0 Å². The molecule has 3 rings (SSSR count). The van der Waals surface area contributed by atoms with Crippen molar-refractivity contribution < 1.29 is 5.11 Å². The van der Waals surface area contributed by atoms with Crippen LogP contribution < -0.4 is 0 Å². The molecule has 0 aromatic heterocycles. The smallest absolute Gasteiger partial charge is 0.115 e. The first-order valence-electron chi connectivity index (χ1n) is 8.12. The van der Waals surface area contributed by atoms with Crippen LogP contribution >= 0.6 is 17.0 Å². The first-order chi connectivity index (χ1) is 9.56. The summed E-state index contributed by atoms with van der Waals surface area (Å²) < 4.78 is 0. The number of phenols is 1. The van der Waals surface area contributed by atoms with Crippen molar-refractivity contribution in [1.82, 2.24) is 4.90 Å². The Morgan fingerprint density at radius 3 is 2.86 bits per heavy atom. The highest BCUT2D eigenvalue weighted by molar-refractivity contribution is 8.93. The van der Waals surface area contributed by atoms with Gasteiger partial charge in [-0.05, 0) is 66.9 Å². The Balaban J connectivity index is 0.00000161. The first-order valence-corrected chi connectivity index (χ1v) is 8.12. The Bertz CT molecular complexity index is 504. The molecule has 0 unspecified atom stereocenters. The van der Waals surface area contributed by atoms with Gasteiger partial charge in [0.2, 0.25) is 0 Å². The zero-order chi connectivity index (χ0) is 14.3. The molecule has 0 amide bonds. The summed E-state index contributed by atoms with van der Waals surface area (Å²) in [4.78, 5) is 2.71. The SMILES string of the molecule is Br.CCCCN1CC[C@@]2(C)c3cc(O)ccc3C[C@H]1[C@@H]2C. The number of unbranched alkanes of at least 4 members (excludes halogenated alkanes) is 1. The molecule has 3 heteroatoms. The van der Waals surface area contributed by atoms with Crippen molar-refractivity contribution >= 4 is 17.0 Å². The van der Waals surface area contributed by atoms with E-state index >= 15 is 0 Å². The van der Waals surface area contributed by atoms with E-state index < -0.39 is 0 Å². The highest BCUT2D eigenvalue weighted by Crippen LogP contribution is 2.49. The molecule has 1 aromatic rings. The Kier molecular flexibility index (Phi) is 5.04. The van der Waals surface area contributed by atoms with Crippen molar-refractivity contribution in [3.63, 3.8) is 0 Å². The largest absolute Gasteiger partial charge is 0.508 e. The molecule has 1 fully saturated rings. The second kappa shape index (κ2) is 6.29. The van der Waals surface area contributed by atoms with Crippen LogP contribution in [0.1, 0.15) is 51.2 Å². The topological polar surface area (TPSA) is 23.5 Å². The molecule has 1 aliphatic heterocycles. The minimum atomic E-state index is 0. The monoisotopic (exact) mass is 353 g/mol. The molecule has 1 N–H and O–H groups in total. The lowest BCUT2D eigenvalue weighted by atomic mass is 9.59. The van der Waals surface area contributed by atoms with Gasteiger partial charge in [0.15, 0.2) is 0 Å². The summed E-state index contributed by atoms with van der Waals surface area (Å²) in [5, 5.41) is 9.84. The maximum absolute atomic E-state index is 9.84. The van der Waals surface area contributed by atoms with Crippen LogP contribution in [0.2, 0.25) is 0 Å². The Labute approximate surface area is 139 Å². The van der Waals surface area contributed by atoms with Crippen molar-refractivity contribution in [1.29, 1.82) is 0 Å². The second-order valence-electron chi connectivity index (χ2n) is 6.96. The van der Waals surface area contributed by atoms with Gasteiger partial charge in [-0.2, -0.15) is 0 Å². The van der Waals surface area contributed by atoms with Crippen LogP contribution in [0.3, 0.4) is 0 Å². The molecule has 21 heavy (non-hydrogen) atoms. The average Bonchev–Trinajstić information content (AvgIpc) is 2.43. The van der Waals surface area contributed by atoms with Gasteiger partial charge in [0.05, 0.1) is 0 Å². The van der Waals surface area contributed by atoms with E-state index in [1.807, 2.05) is 12.1 Å². The van der Waals surface area contributed by atoms with Crippen LogP contribution in [-0.4, -0.2) is 29.1 Å². The number of hydrogen-bond acceptors (Lipinski definition) is 2. The molecule has 118 valence electrons. The molecule has 1 aromatic carbocycles. The molecule has 3 atom stereocenters. The number of benzene rings is 1. The van der Waals surface area contributed by atoms with Gasteiger partial charge in [-0.3, -0.25) is 4.90 Å². The van der Waals surface area contributed by atoms with Gasteiger partial charge >= 0.3 is 0 Å². The number of aromatic hydroxyl groups is 1. The van der Waals surface area contributed by atoms with Crippen LogP contribution in [0.15, 0.2) is 18.2 Å². The predicted octanol–water partition coefficient (Wildman–Crippen LogP) is 4.29. The van der Waals surface area contributed by atoms with E-state index in [1.54, 1.807) is 0 Å². The molecule has 2 bridgehead atoms. The summed E-state index contributed by atoms with van der Waals surface area (Å²) in [6.07, 6.45) is 4.95. The summed E-state index contributed by atoms with van der Waals surface area (Å²) in [5.74, 6) is 1.09. The van der Waals surface area contributed by atoms with Crippen molar-refractivity contribution in [2.45, 2.75) is 57.9 Å². The Morgan fingerprint density at radius 1 is 1.38 bits per heavy atom. The number of nitrogens with zero attached hydrogens (tertiary/aromatic N) is 1. The van der Waals surface area contributed by atoms with E-state index in [4.69, 9.17) is 0 Å². The lowest BCUT2D eigenvalue weighted by molar-refractivity contribution is 0.0306. The summed E-state index contributed by atoms with van der Waals surface area (Å²) in [6, 6.07) is 6.69. The van der Waals surface area contributed by atoms with Gasteiger partial charge in [0.25, 0.3) is 0 Å². The zero-order valence-electron chi connectivity index (χ0n) is 13.4. The van der Waals surface area contributed by atoms with Crippen LogP contribution in [0.5, 0.6) is 5.75 Å². The van der Waals surface area contributed by atoms with Gasteiger partial charge in [-0.1, -0.05) is 33.3 Å². The molecular formula is C18H28BrNO. The molecule has 0 saturated carbocycles. The molecule has 1 saturated heterocycles. The molecule has 0 radical (unpaired) electrons. The van der Waals surface area contributed by atoms with Crippen molar-refractivity contribution in [3.05, 3.63) is 29.3 Å². The third kappa shape index (κ3) is 2.75. The van der Waals surface area contributed by atoms with Gasteiger partial charge in [0, 0.05) is 6.04 Å². The molecule has 1 heterocycles. The Hall–Kier alpha value is -0.540. The summed E-state index contributed by atoms with van der Waals surface area (Å²) in [5.41, 5.74) is 3.09. The molecule has 2 aliphatic rings. The normalized spacial score (nSPS) is 31.4. The maximum atomic E-state index is 9.84. The Morgan fingerprint density at radius 2 is 2.14 bits per heavy atom. The summed E-state index contributed by atoms with van der Waals surface area (Å²) >= 11 is 0. The highest BCUT2D eigenvalue weighted by Gasteiger charge is 2.48. The van der Waals surface area contributed by atoms with Gasteiger partial charge < -0.3 is 5.11 Å². The molecule has 1 aliphatic carbocycles. The highest BCUT2D eigenvalue weighted by atomic mass is 79.9. The summed E-state index contributed by atoms with van der Waals surface area (Å²) in [6.45, 7) is 9.54. The van der Waals surface area contributed by atoms with E-state index in [2.05, 4.69) is 31.7 Å². The first kappa shape index (κ1) is 16.8. The number of rotatable bonds is 3. The second-order valence-corrected chi connectivity index (χ2v) is 6.96. The standard InChI is InChI=1S/C18H27NO.BrH/c1-4-5-9-19-10-8-18(3)13(2)17(19)11-14-6-7-15(20)12-16(14)18;/h6-7,12-13,17,20H,4-5,8-11H2,1-3H3;1H/t13-,17-,18+;/m0./s1. The third-order valence-corrected chi connectivity index (χ3v) is 5.91. The lowest BCUT2D eigenvalue weighted by Crippen LogP contribution is -2.58. The lowest BCUT2D eigenvalue weighted by Gasteiger charge is -2.54. The maximum Gasteiger partial charge on any atom is 0.115 e. The van der Waals surface area contributed by atoms with Crippen molar-refractivity contribution in [2.75, 3.05) is 13.1 Å². The van der Waals surface area contributed by atoms with E-state index in [-0.39, 0.29) is 22.4 Å². The summed E-state index contributed by atoms with van der Waals surface area (Å²) in [7, 11) is 0. The van der Waals surface area contributed by atoms with Gasteiger partial charge in [-0.15, -0.1) is 17.0 Å². The predicted molar refractivity (Wildman–Crippen MR) is 93.5 cm³/mol. The van der Waals surface area contributed by atoms with Crippen LogP contribution in [0.25, 0.3) is 0 Å². The van der Waals surface area contributed by atoms with E-state index in [0.29, 0.717) is 17.7 Å². The number of fused-ring (bicyclic) bond motifs is 4. The number of halogens is 1. The molecule has 2 nitrogen and oxygen atoms in total. The minimum absolute atomic E-state index is 0. The van der Waals surface area contributed by atoms with E-state index in [0.717, 1.165) is 6.42 Å². The average molecular weight is 354 g/mol. The van der Waals surface area contributed by atoms with Gasteiger partial charge in [0.1, 0.15) is 5.75 Å². The quantitative estimate of drug-likeness (QED) is 0.875. The number of piperidine rings is 1. The van der Waals surface area contributed by atoms with Crippen LogP contribution in [0, 0.1) is 5.92 Å².